The van der Waals surface area contributed by atoms with E-state index in [-0.39, 0.29) is 21.5 Å². The van der Waals surface area contributed by atoms with E-state index < -0.39 is 0 Å². The van der Waals surface area contributed by atoms with Crippen LogP contribution in [-0.2, 0) is 10.9 Å². The fourth-order valence-corrected chi connectivity index (χ4v) is 4.31. The average molecular weight is 308 g/mol. The molecule has 0 heterocycles. The summed E-state index contributed by atoms with van der Waals surface area (Å²) in [6, 6.07) is 27.3. The maximum absolute atomic E-state index is 10.8. The van der Waals surface area contributed by atoms with Gasteiger partial charge in [0.2, 0.25) is 0 Å². The van der Waals surface area contributed by atoms with E-state index in [4.69, 9.17) is 0 Å². The van der Waals surface area contributed by atoms with E-state index in [1.807, 2.05) is 48.5 Å². The van der Waals surface area contributed by atoms with Crippen LogP contribution in [0.3, 0.4) is 0 Å². The van der Waals surface area contributed by atoms with Gasteiger partial charge in [-0.15, -0.1) is 0 Å². The third-order valence-corrected chi connectivity index (χ3v) is 5.47. The average Bonchev–Trinajstić information content (AvgIpc) is 2.57. The van der Waals surface area contributed by atoms with Crippen molar-refractivity contribution in [2.75, 3.05) is 0 Å². The lowest BCUT2D eigenvalue weighted by Gasteiger charge is -2.07. The Bertz CT molecular complexity index is 719. The van der Waals surface area contributed by atoms with Gasteiger partial charge in [-0.1, -0.05) is 36.4 Å². The molecule has 0 aromatic heterocycles. The van der Waals surface area contributed by atoms with Crippen molar-refractivity contribution in [1.29, 1.82) is 0 Å². The third kappa shape index (κ3) is 3.02. The first kappa shape index (κ1) is 14.4. The van der Waals surface area contributed by atoms with Crippen LogP contribution in [0.4, 0.5) is 5.69 Å². The minimum absolute atomic E-state index is 0.119. The first-order valence-electron chi connectivity index (χ1n) is 6.84. The van der Waals surface area contributed by atoms with E-state index in [0.29, 0.717) is 0 Å². The van der Waals surface area contributed by atoms with Crippen LogP contribution in [0.2, 0.25) is 0 Å². The molecule has 0 aliphatic carbocycles. The maximum atomic E-state index is 10.8. The maximum Gasteiger partial charge on any atom is 0.269 e. The van der Waals surface area contributed by atoms with Crippen molar-refractivity contribution in [3.8, 4) is 0 Å². The lowest BCUT2D eigenvalue weighted by atomic mass is 10.3. The number of benzene rings is 3. The monoisotopic (exact) mass is 308 g/mol. The Morgan fingerprint density at radius 2 is 1.05 bits per heavy atom. The second-order valence-corrected chi connectivity index (χ2v) is 6.71. The predicted octanol–water partition coefficient (Wildman–Crippen LogP) is 4.69. The zero-order valence-corrected chi connectivity index (χ0v) is 12.6. The number of nitro benzene ring substituents is 1. The second kappa shape index (κ2) is 6.45. The van der Waals surface area contributed by atoms with Crippen LogP contribution in [0, 0.1) is 10.1 Å². The van der Waals surface area contributed by atoms with Gasteiger partial charge in [0.05, 0.1) is 15.8 Å². The van der Waals surface area contributed by atoms with E-state index in [1.165, 1.54) is 9.79 Å². The van der Waals surface area contributed by atoms with E-state index in [1.54, 1.807) is 12.1 Å². The molecule has 3 rings (SSSR count). The number of nitrogens with zero attached hydrogens (tertiary/aromatic N) is 1. The van der Waals surface area contributed by atoms with Crippen LogP contribution in [0.15, 0.2) is 99.6 Å². The quantitative estimate of drug-likeness (QED) is 0.398. The van der Waals surface area contributed by atoms with Crippen molar-refractivity contribution in [1.82, 2.24) is 0 Å². The molecule has 0 fully saturated rings. The summed E-state index contributed by atoms with van der Waals surface area (Å²) >= 11 is 0. The van der Waals surface area contributed by atoms with Crippen molar-refractivity contribution >= 4 is 16.6 Å². The molecule has 3 aromatic carbocycles. The Labute approximate surface area is 131 Å². The van der Waals surface area contributed by atoms with Gasteiger partial charge in [0.25, 0.3) is 5.69 Å². The van der Waals surface area contributed by atoms with E-state index >= 15 is 0 Å². The first-order valence-corrected chi connectivity index (χ1v) is 8.07. The minimum atomic E-state index is -0.368. The Kier molecular flexibility index (Phi) is 4.21. The normalized spacial score (nSPS) is 10.6. The van der Waals surface area contributed by atoms with E-state index in [9.17, 15) is 10.1 Å². The number of rotatable bonds is 4. The fourth-order valence-electron chi connectivity index (χ4n) is 2.23. The molecule has 108 valence electrons. The van der Waals surface area contributed by atoms with Gasteiger partial charge in [-0.05, 0) is 24.3 Å². The Morgan fingerprint density at radius 1 is 0.636 bits per heavy atom. The van der Waals surface area contributed by atoms with Crippen molar-refractivity contribution in [3.05, 3.63) is 95.0 Å². The molecule has 0 aliphatic heterocycles. The highest BCUT2D eigenvalue weighted by molar-refractivity contribution is 7.97. The van der Waals surface area contributed by atoms with E-state index in [0.717, 1.165) is 4.90 Å². The zero-order valence-electron chi connectivity index (χ0n) is 11.8. The van der Waals surface area contributed by atoms with Crippen molar-refractivity contribution < 1.29 is 4.92 Å². The molecule has 0 atom stereocenters. The summed E-state index contributed by atoms with van der Waals surface area (Å²) in [6.07, 6.45) is 0. The SMILES string of the molecule is O=[N+]([O-])c1ccc([S+](c2ccccc2)c2ccccc2)cc1. The molecule has 0 amide bonds. The number of hydrogen-bond acceptors (Lipinski definition) is 2. The van der Waals surface area contributed by atoms with Crippen molar-refractivity contribution in [2.24, 2.45) is 0 Å². The lowest BCUT2D eigenvalue weighted by Crippen LogP contribution is -2.04. The second-order valence-electron chi connectivity index (χ2n) is 4.68. The molecule has 4 heteroatoms. The topological polar surface area (TPSA) is 43.1 Å². The molecule has 0 saturated carbocycles. The molecule has 0 aliphatic rings. The molecule has 0 saturated heterocycles. The standard InChI is InChI=1S/C18H14NO2S/c20-19(21)15-11-13-18(14-12-15)22(16-7-3-1-4-8-16)17-9-5-2-6-10-17/h1-14H/q+1. The van der Waals surface area contributed by atoms with Gasteiger partial charge in [-0.25, -0.2) is 0 Å². The zero-order chi connectivity index (χ0) is 15.4. The summed E-state index contributed by atoms with van der Waals surface area (Å²) in [6.45, 7) is 0. The lowest BCUT2D eigenvalue weighted by molar-refractivity contribution is -0.384. The summed E-state index contributed by atoms with van der Waals surface area (Å²) in [5.74, 6) is 0. The highest BCUT2D eigenvalue weighted by Gasteiger charge is 2.28. The third-order valence-electron chi connectivity index (χ3n) is 3.24. The van der Waals surface area contributed by atoms with Crippen molar-refractivity contribution in [3.63, 3.8) is 0 Å². The predicted molar refractivity (Wildman–Crippen MR) is 88.1 cm³/mol. The van der Waals surface area contributed by atoms with Crippen LogP contribution >= 0.6 is 0 Å². The smallest absolute Gasteiger partial charge is 0.258 e. The Balaban J connectivity index is 2.08. The van der Waals surface area contributed by atoms with Crippen LogP contribution in [-0.4, -0.2) is 4.92 Å². The number of nitro groups is 1. The largest absolute Gasteiger partial charge is 0.269 e. The highest BCUT2D eigenvalue weighted by atomic mass is 32.2. The van der Waals surface area contributed by atoms with Gasteiger partial charge in [0.1, 0.15) is 0 Å². The molecular formula is C18H14NO2S+. The van der Waals surface area contributed by atoms with Crippen LogP contribution in [0.5, 0.6) is 0 Å². The van der Waals surface area contributed by atoms with Gasteiger partial charge in [0, 0.05) is 24.3 Å². The Hall–Kier alpha value is -2.59. The molecular weight excluding hydrogens is 294 g/mol. The van der Waals surface area contributed by atoms with Gasteiger partial charge in [-0.2, -0.15) is 0 Å². The van der Waals surface area contributed by atoms with Gasteiger partial charge < -0.3 is 0 Å². The highest BCUT2D eigenvalue weighted by Crippen LogP contribution is 2.31. The fraction of sp³-hybridized carbons (Fsp3) is 0. The number of hydrogen-bond donors (Lipinski definition) is 0. The molecule has 0 radical (unpaired) electrons. The first-order chi connectivity index (χ1) is 10.8. The number of non-ortho nitro benzene ring substituents is 1. The summed E-state index contributed by atoms with van der Waals surface area (Å²) < 4.78 is 0. The summed E-state index contributed by atoms with van der Waals surface area (Å²) in [5, 5.41) is 10.8. The summed E-state index contributed by atoms with van der Waals surface area (Å²) in [7, 11) is -0.259. The summed E-state index contributed by atoms with van der Waals surface area (Å²) in [5.41, 5.74) is 0.119. The van der Waals surface area contributed by atoms with E-state index in [2.05, 4.69) is 24.3 Å². The van der Waals surface area contributed by atoms with Gasteiger partial charge in [0.15, 0.2) is 14.7 Å². The molecule has 0 bridgehead atoms. The Morgan fingerprint density at radius 3 is 1.45 bits per heavy atom. The van der Waals surface area contributed by atoms with Crippen LogP contribution in [0.25, 0.3) is 0 Å². The van der Waals surface area contributed by atoms with Gasteiger partial charge >= 0.3 is 0 Å². The molecule has 3 aromatic rings. The molecule has 0 unspecified atom stereocenters. The van der Waals surface area contributed by atoms with Crippen LogP contribution in [0.1, 0.15) is 0 Å². The molecule has 0 N–H and O–H groups in total. The minimum Gasteiger partial charge on any atom is -0.258 e. The van der Waals surface area contributed by atoms with Gasteiger partial charge in [-0.3, -0.25) is 10.1 Å². The van der Waals surface area contributed by atoms with Crippen molar-refractivity contribution in [2.45, 2.75) is 14.7 Å². The summed E-state index contributed by atoms with van der Waals surface area (Å²) in [4.78, 5) is 13.9. The molecule has 22 heavy (non-hydrogen) atoms. The molecule has 0 spiro atoms. The molecule has 3 nitrogen and oxygen atoms in total. The van der Waals surface area contributed by atoms with Crippen LogP contribution < -0.4 is 0 Å².